The second-order valence-corrected chi connectivity index (χ2v) is 9.75. The summed E-state index contributed by atoms with van der Waals surface area (Å²) >= 11 is 0. The standard InChI is InChI=1S/C32H26N4/c1-32(2,3)31-35-29(24-15-17-28(33-4)18-16-24)34-30(36-31)27-20-25(22-11-7-5-8-12-22)19-26(21-27)23-13-9-6-10-14-23/h5-21H,1-3H3. The van der Waals surface area contributed by atoms with Gasteiger partial charge in [0.15, 0.2) is 17.3 Å². The fraction of sp³-hybridized carbons (Fsp3) is 0.125. The number of aromatic nitrogens is 3. The van der Waals surface area contributed by atoms with Gasteiger partial charge >= 0.3 is 0 Å². The van der Waals surface area contributed by atoms with E-state index >= 15 is 0 Å². The summed E-state index contributed by atoms with van der Waals surface area (Å²) < 4.78 is 0. The summed E-state index contributed by atoms with van der Waals surface area (Å²) in [5.41, 5.74) is 6.60. The highest BCUT2D eigenvalue weighted by Gasteiger charge is 2.21. The van der Waals surface area contributed by atoms with E-state index in [1.165, 1.54) is 0 Å². The Morgan fingerprint density at radius 1 is 0.528 bits per heavy atom. The van der Waals surface area contributed by atoms with Gasteiger partial charge in [-0.2, -0.15) is 0 Å². The molecule has 1 aromatic heterocycles. The van der Waals surface area contributed by atoms with Gasteiger partial charge in [0.1, 0.15) is 5.82 Å². The molecular weight excluding hydrogens is 440 g/mol. The van der Waals surface area contributed by atoms with E-state index in [9.17, 15) is 0 Å². The van der Waals surface area contributed by atoms with E-state index < -0.39 is 0 Å². The second kappa shape index (κ2) is 9.56. The van der Waals surface area contributed by atoms with Gasteiger partial charge in [-0.3, -0.25) is 0 Å². The third kappa shape index (κ3) is 4.92. The lowest BCUT2D eigenvalue weighted by atomic mass is 9.94. The number of hydrogen-bond donors (Lipinski definition) is 0. The normalized spacial score (nSPS) is 11.2. The lowest BCUT2D eigenvalue weighted by Gasteiger charge is -2.19. The van der Waals surface area contributed by atoms with Gasteiger partial charge in [-0.25, -0.2) is 19.8 Å². The van der Waals surface area contributed by atoms with Crippen molar-refractivity contribution >= 4 is 5.69 Å². The maximum atomic E-state index is 7.25. The minimum atomic E-state index is -0.262. The van der Waals surface area contributed by atoms with Crippen molar-refractivity contribution in [3.8, 4) is 45.0 Å². The SMILES string of the molecule is [C-]#[N+]c1ccc(-c2nc(-c3cc(-c4ccccc4)cc(-c4ccccc4)c3)nc(C(C)(C)C)n2)cc1. The van der Waals surface area contributed by atoms with Crippen LogP contribution in [0.25, 0.3) is 49.9 Å². The van der Waals surface area contributed by atoms with Crippen LogP contribution in [0.3, 0.4) is 0 Å². The summed E-state index contributed by atoms with van der Waals surface area (Å²) in [6.45, 7) is 13.6. The Morgan fingerprint density at radius 2 is 1.00 bits per heavy atom. The Bertz CT molecular complexity index is 1490. The van der Waals surface area contributed by atoms with Gasteiger partial charge in [-0.15, -0.1) is 0 Å². The molecule has 0 N–H and O–H groups in total. The monoisotopic (exact) mass is 466 g/mol. The maximum Gasteiger partial charge on any atom is 0.187 e. The molecular formula is C32H26N4. The predicted octanol–water partition coefficient (Wildman–Crippen LogP) is 8.39. The van der Waals surface area contributed by atoms with Crippen LogP contribution < -0.4 is 0 Å². The molecule has 0 aliphatic rings. The zero-order valence-electron chi connectivity index (χ0n) is 20.6. The molecule has 174 valence electrons. The van der Waals surface area contributed by atoms with Crippen molar-refractivity contribution in [2.24, 2.45) is 0 Å². The fourth-order valence-corrected chi connectivity index (χ4v) is 4.01. The molecule has 0 bridgehead atoms. The van der Waals surface area contributed by atoms with Crippen LogP contribution in [-0.4, -0.2) is 15.0 Å². The molecule has 0 atom stereocenters. The molecule has 0 spiro atoms. The number of nitrogens with zero attached hydrogens (tertiary/aromatic N) is 4. The lowest BCUT2D eigenvalue weighted by molar-refractivity contribution is 0.543. The first-order valence-corrected chi connectivity index (χ1v) is 11.9. The van der Waals surface area contributed by atoms with Crippen LogP contribution in [0, 0.1) is 6.57 Å². The van der Waals surface area contributed by atoms with E-state index in [-0.39, 0.29) is 5.41 Å². The van der Waals surface area contributed by atoms with Gasteiger partial charge in [0.2, 0.25) is 0 Å². The summed E-state index contributed by atoms with van der Waals surface area (Å²) in [5, 5.41) is 0. The number of rotatable bonds is 4. The largest absolute Gasteiger partial charge is 0.238 e. The van der Waals surface area contributed by atoms with Crippen molar-refractivity contribution in [3.63, 3.8) is 0 Å². The zero-order valence-corrected chi connectivity index (χ0v) is 20.6. The number of benzene rings is 4. The molecule has 4 nitrogen and oxygen atoms in total. The molecule has 0 saturated carbocycles. The Hall–Kier alpha value is -4.62. The molecule has 0 radical (unpaired) electrons. The van der Waals surface area contributed by atoms with Crippen LogP contribution in [-0.2, 0) is 5.41 Å². The van der Waals surface area contributed by atoms with E-state index in [1.54, 1.807) is 12.1 Å². The van der Waals surface area contributed by atoms with Crippen molar-refractivity contribution in [2.45, 2.75) is 26.2 Å². The van der Waals surface area contributed by atoms with Gasteiger partial charge in [0.25, 0.3) is 0 Å². The molecule has 0 fully saturated rings. The van der Waals surface area contributed by atoms with E-state index in [2.05, 4.69) is 92.3 Å². The van der Waals surface area contributed by atoms with Gasteiger partial charge in [0.05, 0.1) is 6.57 Å². The third-order valence-corrected chi connectivity index (χ3v) is 5.97. The smallest absolute Gasteiger partial charge is 0.187 e. The molecule has 4 heteroatoms. The van der Waals surface area contributed by atoms with Crippen LogP contribution >= 0.6 is 0 Å². The first-order valence-electron chi connectivity index (χ1n) is 11.9. The van der Waals surface area contributed by atoms with Crippen molar-refractivity contribution < 1.29 is 0 Å². The fourth-order valence-electron chi connectivity index (χ4n) is 4.01. The molecule has 1 heterocycles. The Morgan fingerprint density at radius 3 is 1.47 bits per heavy atom. The summed E-state index contributed by atoms with van der Waals surface area (Å²) in [5.74, 6) is 1.96. The molecule has 0 unspecified atom stereocenters. The quantitative estimate of drug-likeness (QED) is 0.250. The van der Waals surface area contributed by atoms with Crippen LogP contribution in [0.5, 0.6) is 0 Å². The summed E-state index contributed by atoms with van der Waals surface area (Å²) in [4.78, 5) is 18.2. The molecule has 0 saturated heterocycles. The van der Waals surface area contributed by atoms with Crippen LogP contribution in [0.15, 0.2) is 103 Å². The first-order chi connectivity index (χ1) is 17.4. The van der Waals surface area contributed by atoms with Crippen LogP contribution in [0.4, 0.5) is 5.69 Å². The summed E-state index contributed by atoms with van der Waals surface area (Å²) in [6, 6.07) is 34.6. The van der Waals surface area contributed by atoms with Crippen LogP contribution in [0.2, 0.25) is 0 Å². The molecule has 4 aromatic carbocycles. The Kier molecular flexibility index (Phi) is 6.14. The summed E-state index contributed by atoms with van der Waals surface area (Å²) in [7, 11) is 0. The molecule has 5 aromatic rings. The van der Waals surface area contributed by atoms with E-state index in [0.717, 1.165) is 39.2 Å². The van der Waals surface area contributed by atoms with Gasteiger partial charge in [0, 0.05) is 16.5 Å². The highest BCUT2D eigenvalue weighted by atomic mass is 15.0. The molecule has 0 aliphatic heterocycles. The average Bonchev–Trinajstić information content (AvgIpc) is 2.93. The number of hydrogen-bond acceptors (Lipinski definition) is 3. The minimum Gasteiger partial charge on any atom is -0.238 e. The highest BCUT2D eigenvalue weighted by molar-refractivity contribution is 5.79. The van der Waals surface area contributed by atoms with Gasteiger partial charge < -0.3 is 0 Å². The molecule has 36 heavy (non-hydrogen) atoms. The van der Waals surface area contributed by atoms with Crippen LogP contribution in [0.1, 0.15) is 26.6 Å². The highest BCUT2D eigenvalue weighted by Crippen LogP contribution is 2.33. The zero-order chi connectivity index (χ0) is 25.1. The molecule has 0 amide bonds. The summed E-state index contributed by atoms with van der Waals surface area (Å²) in [6.07, 6.45) is 0. The molecule has 5 rings (SSSR count). The first kappa shape index (κ1) is 23.1. The van der Waals surface area contributed by atoms with Crippen molar-refractivity contribution in [2.75, 3.05) is 0 Å². The van der Waals surface area contributed by atoms with Gasteiger partial charge in [-0.05, 0) is 40.5 Å². The predicted molar refractivity (Wildman–Crippen MR) is 147 cm³/mol. The lowest BCUT2D eigenvalue weighted by Crippen LogP contribution is -2.18. The van der Waals surface area contributed by atoms with E-state index in [0.29, 0.717) is 17.3 Å². The van der Waals surface area contributed by atoms with Crippen molar-refractivity contribution in [3.05, 3.63) is 120 Å². The Labute approximate surface area is 212 Å². The third-order valence-electron chi connectivity index (χ3n) is 5.97. The Balaban J connectivity index is 1.73. The van der Waals surface area contributed by atoms with E-state index in [1.807, 2.05) is 24.3 Å². The van der Waals surface area contributed by atoms with Crippen molar-refractivity contribution in [1.82, 2.24) is 15.0 Å². The van der Waals surface area contributed by atoms with Crippen molar-refractivity contribution in [1.29, 1.82) is 0 Å². The minimum absolute atomic E-state index is 0.262. The maximum absolute atomic E-state index is 7.25. The topological polar surface area (TPSA) is 43.0 Å². The molecule has 0 aliphatic carbocycles. The second-order valence-electron chi connectivity index (χ2n) is 9.75. The van der Waals surface area contributed by atoms with Gasteiger partial charge in [-0.1, -0.05) is 106 Å². The average molecular weight is 467 g/mol. The van der Waals surface area contributed by atoms with E-state index in [4.69, 9.17) is 21.5 Å².